The van der Waals surface area contributed by atoms with Gasteiger partial charge in [0.25, 0.3) is 5.91 Å². The first kappa shape index (κ1) is 20.2. The molecule has 1 amide bonds. The van der Waals surface area contributed by atoms with E-state index in [1.807, 2.05) is 48.5 Å². The van der Waals surface area contributed by atoms with Crippen LogP contribution in [0.1, 0.15) is 43.5 Å². The quantitative estimate of drug-likeness (QED) is 0.587. The minimum Gasteiger partial charge on any atom is -0.497 e. The lowest BCUT2D eigenvalue weighted by Gasteiger charge is -2.34. The van der Waals surface area contributed by atoms with E-state index < -0.39 is 0 Å². The normalized spacial score (nSPS) is 21.2. The second-order valence-corrected chi connectivity index (χ2v) is 8.27. The van der Waals surface area contributed by atoms with Crippen LogP contribution >= 0.6 is 0 Å². The second-order valence-electron chi connectivity index (χ2n) is 8.27. The smallest absolute Gasteiger partial charge is 0.253 e. The first-order valence-electron chi connectivity index (χ1n) is 10.7. The van der Waals surface area contributed by atoms with Crippen molar-refractivity contribution >= 4 is 28.2 Å². The van der Waals surface area contributed by atoms with Gasteiger partial charge in [-0.15, -0.1) is 0 Å². The number of hydrogen-bond acceptors (Lipinski definition) is 4. The molecular formula is C25H29N3O2. The first-order chi connectivity index (χ1) is 14.6. The Morgan fingerprint density at radius 3 is 2.50 bits per heavy atom. The molecule has 156 valence electrons. The number of ether oxygens (including phenoxy) is 1. The maximum absolute atomic E-state index is 13.1. The van der Waals surface area contributed by atoms with Gasteiger partial charge >= 0.3 is 0 Å². The lowest BCUT2D eigenvalue weighted by atomic mass is 9.78. The van der Waals surface area contributed by atoms with Crippen LogP contribution in [0.5, 0.6) is 5.75 Å². The zero-order chi connectivity index (χ0) is 21.1. The van der Waals surface area contributed by atoms with E-state index in [1.165, 1.54) is 12.8 Å². The predicted octanol–water partition coefficient (Wildman–Crippen LogP) is 5.54. The molecule has 2 aromatic carbocycles. The van der Waals surface area contributed by atoms with E-state index in [1.54, 1.807) is 13.3 Å². The number of nitrogens with zero attached hydrogens (tertiary/aromatic N) is 1. The number of pyridine rings is 1. The molecule has 0 bridgehead atoms. The minimum atomic E-state index is -0.0411. The third-order valence-corrected chi connectivity index (χ3v) is 6.42. The number of methoxy groups -OCH3 is 1. The molecule has 0 saturated heterocycles. The zero-order valence-corrected chi connectivity index (χ0v) is 17.8. The fourth-order valence-electron chi connectivity index (χ4n) is 4.32. The molecule has 3 aromatic rings. The van der Waals surface area contributed by atoms with Crippen molar-refractivity contribution < 1.29 is 9.53 Å². The number of carbonyl (C=O) groups is 1. The highest BCUT2D eigenvalue weighted by Gasteiger charge is 2.28. The molecular weight excluding hydrogens is 374 g/mol. The first-order valence-corrected chi connectivity index (χ1v) is 10.7. The average molecular weight is 404 g/mol. The van der Waals surface area contributed by atoms with Gasteiger partial charge in [0.1, 0.15) is 11.6 Å². The Labute approximate surface area is 177 Å². The van der Waals surface area contributed by atoms with Gasteiger partial charge in [0.05, 0.1) is 12.7 Å². The Morgan fingerprint density at radius 2 is 1.77 bits per heavy atom. The Bertz CT molecular complexity index is 1030. The van der Waals surface area contributed by atoms with Crippen LogP contribution in [0.4, 0.5) is 11.5 Å². The molecule has 1 fully saturated rings. The number of benzene rings is 2. The van der Waals surface area contributed by atoms with Crippen LogP contribution in [0.2, 0.25) is 0 Å². The van der Waals surface area contributed by atoms with Crippen molar-refractivity contribution in [1.82, 2.24) is 10.3 Å². The summed E-state index contributed by atoms with van der Waals surface area (Å²) in [6.07, 6.45) is 5.13. The number of fused-ring (bicyclic) bond motifs is 1. The summed E-state index contributed by atoms with van der Waals surface area (Å²) in [5, 5.41) is 8.46. The van der Waals surface area contributed by atoms with Gasteiger partial charge in [-0.25, -0.2) is 4.98 Å². The predicted molar refractivity (Wildman–Crippen MR) is 121 cm³/mol. The van der Waals surface area contributed by atoms with E-state index in [0.29, 0.717) is 17.4 Å². The Morgan fingerprint density at radius 1 is 1.03 bits per heavy atom. The number of amides is 1. The van der Waals surface area contributed by atoms with Gasteiger partial charge in [-0.2, -0.15) is 0 Å². The number of aromatic nitrogens is 1. The van der Waals surface area contributed by atoms with E-state index in [9.17, 15) is 4.79 Å². The lowest BCUT2D eigenvalue weighted by Crippen LogP contribution is -2.43. The summed E-state index contributed by atoms with van der Waals surface area (Å²) in [5.41, 5.74) is 1.53. The lowest BCUT2D eigenvalue weighted by molar-refractivity contribution is 0.0892. The SMILES string of the molecule is COc1ccc(Nc2ncc(C(=O)N[C@H]3CCC[C@@H](C)[C@@H]3C)c3ccccc23)cc1. The summed E-state index contributed by atoms with van der Waals surface area (Å²) in [4.78, 5) is 17.7. The molecule has 3 atom stereocenters. The average Bonchev–Trinajstić information content (AvgIpc) is 2.77. The van der Waals surface area contributed by atoms with Crippen molar-refractivity contribution in [2.45, 2.75) is 39.2 Å². The summed E-state index contributed by atoms with van der Waals surface area (Å²) in [5.74, 6) is 2.61. The van der Waals surface area contributed by atoms with Crippen molar-refractivity contribution in [2.24, 2.45) is 11.8 Å². The van der Waals surface area contributed by atoms with Crippen molar-refractivity contribution in [3.8, 4) is 5.75 Å². The molecule has 1 saturated carbocycles. The zero-order valence-electron chi connectivity index (χ0n) is 17.8. The van der Waals surface area contributed by atoms with E-state index in [0.717, 1.165) is 34.4 Å². The molecule has 4 rings (SSSR count). The summed E-state index contributed by atoms with van der Waals surface area (Å²) in [6.45, 7) is 4.52. The third-order valence-electron chi connectivity index (χ3n) is 6.42. The molecule has 1 aliphatic rings. The van der Waals surface area contributed by atoms with Gasteiger partial charge < -0.3 is 15.4 Å². The molecule has 0 spiro atoms. The van der Waals surface area contributed by atoms with Gasteiger partial charge in [-0.3, -0.25) is 4.79 Å². The molecule has 0 aliphatic heterocycles. The largest absolute Gasteiger partial charge is 0.497 e. The number of carbonyl (C=O) groups excluding carboxylic acids is 1. The van der Waals surface area contributed by atoms with Crippen LogP contribution < -0.4 is 15.4 Å². The molecule has 30 heavy (non-hydrogen) atoms. The summed E-state index contributed by atoms with van der Waals surface area (Å²) in [7, 11) is 1.65. The molecule has 2 N–H and O–H groups in total. The van der Waals surface area contributed by atoms with Crippen LogP contribution in [-0.4, -0.2) is 24.0 Å². The van der Waals surface area contributed by atoms with Crippen LogP contribution in [0.3, 0.4) is 0 Å². The molecule has 5 heteroatoms. The monoisotopic (exact) mass is 403 g/mol. The molecule has 1 aliphatic carbocycles. The van der Waals surface area contributed by atoms with Crippen LogP contribution in [-0.2, 0) is 0 Å². The molecule has 0 unspecified atom stereocenters. The highest BCUT2D eigenvalue weighted by Crippen LogP contribution is 2.31. The Kier molecular flexibility index (Phi) is 5.88. The molecule has 1 heterocycles. The minimum absolute atomic E-state index is 0.0411. The van der Waals surface area contributed by atoms with Gasteiger partial charge in [0, 0.05) is 23.3 Å². The summed E-state index contributed by atoms with van der Waals surface area (Å²) < 4.78 is 5.22. The standard InChI is InChI=1S/C25H29N3O2/c1-16-7-6-10-23(17(16)2)28-25(29)22-15-26-24(21-9-5-4-8-20(21)22)27-18-11-13-19(30-3)14-12-18/h4-5,8-9,11-17,23H,6-7,10H2,1-3H3,(H,26,27)(H,28,29)/t16-,17+,23+/m1/s1. The second kappa shape index (κ2) is 8.74. The maximum atomic E-state index is 13.1. The fourth-order valence-corrected chi connectivity index (χ4v) is 4.32. The molecule has 1 aromatic heterocycles. The fraction of sp³-hybridized carbons (Fsp3) is 0.360. The highest BCUT2D eigenvalue weighted by atomic mass is 16.5. The molecule has 0 radical (unpaired) electrons. The van der Waals surface area contributed by atoms with E-state index in [-0.39, 0.29) is 11.9 Å². The van der Waals surface area contributed by atoms with Crippen LogP contribution in [0, 0.1) is 11.8 Å². The third kappa shape index (κ3) is 4.11. The van der Waals surface area contributed by atoms with Crippen molar-refractivity contribution in [3.63, 3.8) is 0 Å². The molecule has 5 nitrogen and oxygen atoms in total. The topological polar surface area (TPSA) is 63.2 Å². The van der Waals surface area contributed by atoms with Gasteiger partial charge in [-0.1, -0.05) is 51.0 Å². The Hall–Kier alpha value is -3.08. The van der Waals surface area contributed by atoms with Crippen molar-refractivity contribution in [2.75, 3.05) is 12.4 Å². The number of anilines is 2. The summed E-state index contributed by atoms with van der Waals surface area (Å²) in [6, 6.07) is 15.8. The van der Waals surface area contributed by atoms with Gasteiger partial charge in [0.15, 0.2) is 0 Å². The number of nitrogens with one attached hydrogen (secondary N) is 2. The van der Waals surface area contributed by atoms with E-state index in [2.05, 4.69) is 29.5 Å². The number of rotatable bonds is 5. The van der Waals surface area contributed by atoms with E-state index in [4.69, 9.17) is 4.74 Å². The van der Waals surface area contributed by atoms with Crippen molar-refractivity contribution in [3.05, 3.63) is 60.3 Å². The number of hydrogen-bond donors (Lipinski definition) is 2. The van der Waals surface area contributed by atoms with Crippen molar-refractivity contribution in [1.29, 1.82) is 0 Å². The van der Waals surface area contributed by atoms with E-state index >= 15 is 0 Å². The van der Waals surface area contributed by atoms with Crippen LogP contribution in [0.25, 0.3) is 10.8 Å². The van der Waals surface area contributed by atoms with Crippen LogP contribution in [0.15, 0.2) is 54.7 Å². The van der Waals surface area contributed by atoms with Gasteiger partial charge in [0.2, 0.25) is 0 Å². The maximum Gasteiger partial charge on any atom is 0.253 e. The Balaban J connectivity index is 1.60. The highest BCUT2D eigenvalue weighted by molar-refractivity contribution is 6.09. The summed E-state index contributed by atoms with van der Waals surface area (Å²) >= 11 is 0. The van der Waals surface area contributed by atoms with Gasteiger partial charge in [-0.05, 0) is 47.9 Å².